The normalized spacial score (nSPS) is 22.4. The Bertz CT molecular complexity index is 721. The average molecular weight is 455 g/mol. The maximum atomic E-state index is 13.0. The van der Waals surface area contributed by atoms with E-state index < -0.39 is 48.3 Å². The van der Waals surface area contributed by atoms with Crippen molar-refractivity contribution in [2.75, 3.05) is 13.1 Å². The molecule has 0 spiro atoms. The summed E-state index contributed by atoms with van der Waals surface area (Å²) >= 11 is 0. The molecule has 0 saturated carbocycles. The maximum Gasteiger partial charge on any atom is 0.326 e. The zero-order valence-corrected chi connectivity index (χ0v) is 18.6. The first-order chi connectivity index (χ1) is 15.1. The number of nitrogens with zero attached hydrogens (tertiary/aromatic N) is 1. The van der Waals surface area contributed by atoms with E-state index in [-0.39, 0.29) is 30.7 Å². The number of carbonyl (C=O) groups excluding carboxylic acids is 3. The lowest BCUT2D eigenvalue weighted by Crippen LogP contribution is -2.56. The Morgan fingerprint density at radius 2 is 1.75 bits per heavy atom. The Morgan fingerprint density at radius 1 is 1.03 bits per heavy atom. The monoisotopic (exact) mass is 454 g/mol. The van der Waals surface area contributed by atoms with Gasteiger partial charge in [0.25, 0.3) is 0 Å². The number of carboxylic acid groups (broad SMARTS) is 2. The number of carboxylic acids is 2. The van der Waals surface area contributed by atoms with Crippen LogP contribution in [0.3, 0.4) is 0 Å². The van der Waals surface area contributed by atoms with Gasteiger partial charge in [-0.25, -0.2) is 4.79 Å². The third-order valence-corrected chi connectivity index (χ3v) is 5.80. The van der Waals surface area contributed by atoms with Crippen molar-refractivity contribution in [3.05, 3.63) is 0 Å². The Morgan fingerprint density at radius 3 is 2.31 bits per heavy atom. The molecule has 0 aromatic carbocycles. The summed E-state index contributed by atoms with van der Waals surface area (Å²) in [6, 6.07) is -3.32. The smallest absolute Gasteiger partial charge is 0.326 e. The fraction of sp³-hybridized carbons (Fsp3) is 0.762. The highest BCUT2D eigenvalue weighted by molar-refractivity contribution is 5.94. The van der Waals surface area contributed by atoms with Crippen LogP contribution in [0.25, 0.3) is 0 Å². The predicted molar refractivity (Wildman–Crippen MR) is 114 cm³/mol. The Labute approximate surface area is 187 Å². The van der Waals surface area contributed by atoms with Crippen molar-refractivity contribution in [1.82, 2.24) is 20.9 Å². The molecule has 2 aliphatic heterocycles. The summed E-state index contributed by atoms with van der Waals surface area (Å²) < 4.78 is 0. The third kappa shape index (κ3) is 7.18. The standard InChI is InChI=1S/C21H34N4O7/c1-12(2)11-15(18(28)23-14(21(31)32)7-8-17(26)27)24-19(29)16-6-4-10-25(16)20(30)13-5-3-9-22-13/h12-16,22H,3-11H2,1-2H3,(H,23,28)(H,24,29)(H,26,27)(H,31,32). The second-order valence-electron chi connectivity index (χ2n) is 8.86. The van der Waals surface area contributed by atoms with Crippen molar-refractivity contribution >= 4 is 29.7 Å². The summed E-state index contributed by atoms with van der Waals surface area (Å²) in [5.41, 5.74) is 0. The molecule has 3 amide bonds. The highest BCUT2D eigenvalue weighted by Gasteiger charge is 2.39. The zero-order chi connectivity index (χ0) is 23.8. The van der Waals surface area contributed by atoms with Gasteiger partial charge in [-0.05, 0) is 51.0 Å². The Hall–Kier alpha value is -2.69. The number of rotatable bonds is 11. The SMILES string of the molecule is CC(C)CC(NC(=O)C1CCCN1C(=O)C1CCCN1)C(=O)NC(CCC(=O)O)C(=O)O. The molecule has 0 bridgehead atoms. The van der Waals surface area contributed by atoms with Crippen molar-refractivity contribution in [3.8, 4) is 0 Å². The summed E-state index contributed by atoms with van der Waals surface area (Å²) in [5.74, 6) is -3.71. The lowest BCUT2D eigenvalue weighted by atomic mass is 10.0. The lowest BCUT2D eigenvalue weighted by Gasteiger charge is -2.29. The van der Waals surface area contributed by atoms with Crippen molar-refractivity contribution in [2.24, 2.45) is 5.92 Å². The molecular formula is C21H34N4O7. The van der Waals surface area contributed by atoms with Gasteiger partial charge in [0.15, 0.2) is 0 Å². The van der Waals surface area contributed by atoms with E-state index in [0.717, 1.165) is 19.4 Å². The van der Waals surface area contributed by atoms with Crippen LogP contribution in [-0.2, 0) is 24.0 Å². The van der Waals surface area contributed by atoms with Crippen LogP contribution in [0.4, 0.5) is 0 Å². The van der Waals surface area contributed by atoms with Crippen LogP contribution in [0.15, 0.2) is 0 Å². The molecule has 2 rings (SSSR count). The average Bonchev–Trinajstić information content (AvgIpc) is 3.41. The van der Waals surface area contributed by atoms with Gasteiger partial charge in [0.05, 0.1) is 6.04 Å². The minimum absolute atomic E-state index is 0.0253. The quantitative estimate of drug-likeness (QED) is 0.284. The van der Waals surface area contributed by atoms with Gasteiger partial charge in [0.1, 0.15) is 18.1 Å². The van der Waals surface area contributed by atoms with E-state index in [1.807, 2.05) is 13.8 Å². The minimum atomic E-state index is -1.37. The summed E-state index contributed by atoms with van der Waals surface area (Å²) in [6.45, 7) is 4.97. The summed E-state index contributed by atoms with van der Waals surface area (Å²) in [7, 11) is 0. The molecule has 2 fully saturated rings. The van der Waals surface area contributed by atoms with Crippen LogP contribution in [0.5, 0.6) is 0 Å². The van der Waals surface area contributed by atoms with Gasteiger partial charge < -0.3 is 31.1 Å². The second kappa shape index (κ2) is 11.8. The molecule has 4 atom stereocenters. The highest BCUT2D eigenvalue weighted by Crippen LogP contribution is 2.21. The Balaban J connectivity index is 2.05. The zero-order valence-electron chi connectivity index (χ0n) is 18.6. The van der Waals surface area contributed by atoms with Crippen LogP contribution < -0.4 is 16.0 Å². The number of hydrogen-bond acceptors (Lipinski definition) is 6. The molecule has 2 heterocycles. The second-order valence-corrected chi connectivity index (χ2v) is 8.86. The van der Waals surface area contributed by atoms with Gasteiger partial charge in [-0.15, -0.1) is 0 Å². The van der Waals surface area contributed by atoms with Crippen LogP contribution in [0, 0.1) is 5.92 Å². The topological polar surface area (TPSA) is 165 Å². The van der Waals surface area contributed by atoms with Crippen molar-refractivity contribution in [3.63, 3.8) is 0 Å². The maximum absolute atomic E-state index is 13.0. The van der Waals surface area contributed by atoms with Crippen molar-refractivity contribution in [1.29, 1.82) is 0 Å². The molecule has 11 nitrogen and oxygen atoms in total. The molecule has 32 heavy (non-hydrogen) atoms. The minimum Gasteiger partial charge on any atom is -0.481 e. The molecule has 11 heteroatoms. The third-order valence-electron chi connectivity index (χ3n) is 5.80. The lowest BCUT2D eigenvalue weighted by molar-refractivity contribution is -0.144. The van der Waals surface area contributed by atoms with E-state index in [1.54, 1.807) is 4.90 Å². The fourth-order valence-corrected chi connectivity index (χ4v) is 4.17. The van der Waals surface area contributed by atoms with Crippen molar-refractivity contribution in [2.45, 2.75) is 83.0 Å². The van der Waals surface area contributed by atoms with Crippen LogP contribution in [0.1, 0.15) is 58.8 Å². The molecule has 0 aromatic rings. The molecule has 0 radical (unpaired) electrons. The molecule has 5 N–H and O–H groups in total. The summed E-state index contributed by atoms with van der Waals surface area (Å²) in [6.07, 6.45) is 2.42. The summed E-state index contributed by atoms with van der Waals surface area (Å²) in [5, 5.41) is 26.3. The fourth-order valence-electron chi connectivity index (χ4n) is 4.17. The number of hydrogen-bond donors (Lipinski definition) is 5. The first-order valence-electron chi connectivity index (χ1n) is 11.2. The number of nitrogens with one attached hydrogen (secondary N) is 3. The molecule has 2 saturated heterocycles. The van der Waals surface area contributed by atoms with E-state index in [4.69, 9.17) is 5.11 Å². The molecular weight excluding hydrogens is 420 g/mol. The molecule has 4 unspecified atom stereocenters. The Kier molecular flexibility index (Phi) is 9.42. The molecule has 180 valence electrons. The van der Waals surface area contributed by atoms with E-state index in [2.05, 4.69) is 16.0 Å². The van der Waals surface area contributed by atoms with Gasteiger partial charge in [0.2, 0.25) is 17.7 Å². The van der Waals surface area contributed by atoms with Crippen LogP contribution >= 0.6 is 0 Å². The van der Waals surface area contributed by atoms with Crippen molar-refractivity contribution < 1.29 is 34.2 Å². The first-order valence-corrected chi connectivity index (χ1v) is 11.2. The van der Waals surface area contributed by atoms with Gasteiger partial charge in [-0.2, -0.15) is 0 Å². The molecule has 0 aliphatic carbocycles. The molecule has 0 aromatic heterocycles. The van der Waals surface area contributed by atoms with Crippen LogP contribution in [-0.4, -0.2) is 82.0 Å². The van der Waals surface area contributed by atoms with Gasteiger partial charge in [-0.3, -0.25) is 19.2 Å². The first kappa shape index (κ1) is 25.6. The van der Waals surface area contributed by atoms with Gasteiger partial charge >= 0.3 is 11.9 Å². The number of aliphatic carboxylic acids is 2. The van der Waals surface area contributed by atoms with E-state index in [9.17, 15) is 29.1 Å². The number of likely N-dealkylation sites (tertiary alicyclic amines) is 1. The molecule has 2 aliphatic rings. The van der Waals surface area contributed by atoms with Gasteiger partial charge in [-0.1, -0.05) is 13.8 Å². The highest BCUT2D eigenvalue weighted by atomic mass is 16.4. The van der Waals surface area contributed by atoms with E-state index in [1.165, 1.54) is 0 Å². The predicted octanol–water partition coefficient (Wildman–Crippen LogP) is -0.305. The summed E-state index contributed by atoms with van der Waals surface area (Å²) in [4.78, 5) is 62.3. The van der Waals surface area contributed by atoms with E-state index in [0.29, 0.717) is 19.4 Å². The number of carbonyl (C=O) groups is 5. The van der Waals surface area contributed by atoms with E-state index >= 15 is 0 Å². The van der Waals surface area contributed by atoms with Crippen LogP contribution in [0.2, 0.25) is 0 Å². The largest absolute Gasteiger partial charge is 0.481 e. The number of amides is 3. The van der Waals surface area contributed by atoms with Gasteiger partial charge in [0, 0.05) is 13.0 Å².